The monoisotopic (exact) mass is 317 g/mol. The van der Waals surface area contributed by atoms with E-state index in [1.807, 2.05) is 18.2 Å². The van der Waals surface area contributed by atoms with Crippen LogP contribution in [0.2, 0.25) is 0 Å². The SMILES string of the molecule is NCc1cc(Br)ccc1OCC1Cc2ccccc21. The highest BCUT2D eigenvalue weighted by Crippen LogP contribution is 2.35. The van der Waals surface area contributed by atoms with E-state index in [0.717, 1.165) is 28.8 Å². The first-order chi connectivity index (χ1) is 9.28. The summed E-state index contributed by atoms with van der Waals surface area (Å²) in [6.45, 7) is 1.22. The zero-order valence-corrected chi connectivity index (χ0v) is 12.2. The van der Waals surface area contributed by atoms with Gasteiger partial charge in [-0.2, -0.15) is 0 Å². The van der Waals surface area contributed by atoms with Crippen molar-refractivity contribution in [1.29, 1.82) is 0 Å². The van der Waals surface area contributed by atoms with Gasteiger partial charge in [-0.15, -0.1) is 0 Å². The number of hydrogen-bond donors (Lipinski definition) is 1. The first kappa shape index (κ1) is 12.7. The molecule has 0 saturated heterocycles. The number of fused-ring (bicyclic) bond motifs is 1. The van der Waals surface area contributed by atoms with Crippen LogP contribution in [0.15, 0.2) is 46.9 Å². The summed E-state index contributed by atoms with van der Waals surface area (Å²) in [4.78, 5) is 0. The molecule has 0 aliphatic heterocycles. The third-order valence-corrected chi connectivity index (χ3v) is 4.14. The van der Waals surface area contributed by atoms with Gasteiger partial charge in [-0.25, -0.2) is 0 Å². The Morgan fingerprint density at radius 1 is 1.21 bits per heavy atom. The summed E-state index contributed by atoms with van der Waals surface area (Å²) in [5.41, 5.74) is 9.67. The molecule has 1 atom stereocenters. The molecule has 0 aromatic heterocycles. The van der Waals surface area contributed by atoms with Gasteiger partial charge in [0.2, 0.25) is 0 Å². The minimum Gasteiger partial charge on any atom is -0.493 e. The van der Waals surface area contributed by atoms with E-state index >= 15 is 0 Å². The first-order valence-electron chi connectivity index (χ1n) is 6.47. The van der Waals surface area contributed by atoms with Crippen molar-refractivity contribution in [3.05, 3.63) is 63.6 Å². The summed E-state index contributed by atoms with van der Waals surface area (Å²) >= 11 is 3.45. The number of rotatable bonds is 4. The predicted octanol–water partition coefficient (Wildman–Crippen LogP) is 3.63. The third-order valence-electron chi connectivity index (χ3n) is 3.64. The van der Waals surface area contributed by atoms with E-state index in [1.165, 1.54) is 11.1 Å². The van der Waals surface area contributed by atoms with Crippen molar-refractivity contribution in [1.82, 2.24) is 0 Å². The van der Waals surface area contributed by atoms with Crippen molar-refractivity contribution < 1.29 is 4.74 Å². The molecule has 0 fully saturated rings. The van der Waals surface area contributed by atoms with Crippen molar-refractivity contribution in [2.24, 2.45) is 5.73 Å². The van der Waals surface area contributed by atoms with Gasteiger partial charge in [-0.1, -0.05) is 40.2 Å². The van der Waals surface area contributed by atoms with Gasteiger partial charge in [0.25, 0.3) is 0 Å². The highest BCUT2D eigenvalue weighted by molar-refractivity contribution is 9.10. The second kappa shape index (κ2) is 5.35. The van der Waals surface area contributed by atoms with Crippen LogP contribution in [0.4, 0.5) is 0 Å². The van der Waals surface area contributed by atoms with E-state index in [1.54, 1.807) is 0 Å². The third kappa shape index (κ3) is 2.53. The molecule has 0 saturated carbocycles. The van der Waals surface area contributed by atoms with Crippen LogP contribution in [0, 0.1) is 0 Å². The minimum atomic E-state index is 0.496. The number of benzene rings is 2. The second-order valence-electron chi connectivity index (χ2n) is 4.87. The molecule has 19 heavy (non-hydrogen) atoms. The first-order valence-corrected chi connectivity index (χ1v) is 7.26. The lowest BCUT2D eigenvalue weighted by molar-refractivity contribution is 0.273. The topological polar surface area (TPSA) is 35.2 Å². The van der Waals surface area contributed by atoms with Crippen molar-refractivity contribution >= 4 is 15.9 Å². The van der Waals surface area contributed by atoms with Crippen LogP contribution >= 0.6 is 15.9 Å². The Kier molecular flexibility index (Phi) is 3.58. The highest BCUT2D eigenvalue weighted by Gasteiger charge is 2.25. The Labute approximate surface area is 121 Å². The number of nitrogens with two attached hydrogens (primary N) is 1. The maximum atomic E-state index is 5.94. The number of hydrogen-bond acceptors (Lipinski definition) is 2. The van der Waals surface area contributed by atoms with Crippen LogP contribution in [-0.2, 0) is 13.0 Å². The molecule has 0 bridgehead atoms. The molecular formula is C16H16BrNO. The Hall–Kier alpha value is -1.32. The largest absolute Gasteiger partial charge is 0.493 e. The molecule has 0 amide bonds. The van der Waals surface area contributed by atoms with E-state index in [9.17, 15) is 0 Å². The summed E-state index contributed by atoms with van der Waals surface area (Å²) < 4.78 is 6.98. The zero-order chi connectivity index (χ0) is 13.2. The van der Waals surface area contributed by atoms with Crippen molar-refractivity contribution in [2.45, 2.75) is 18.9 Å². The molecule has 2 N–H and O–H groups in total. The molecule has 98 valence electrons. The summed E-state index contributed by atoms with van der Waals surface area (Å²) in [6, 6.07) is 14.6. The Balaban J connectivity index is 1.68. The molecular weight excluding hydrogens is 302 g/mol. The van der Waals surface area contributed by atoms with Gasteiger partial charge < -0.3 is 10.5 Å². The fourth-order valence-electron chi connectivity index (χ4n) is 2.55. The summed E-state index contributed by atoms with van der Waals surface area (Å²) in [5, 5.41) is 0. The van der Waals surface area contributed by atoms with Gasteiger partial charge in [-0.05, 0) is 35.7 Å². The van der Waals surface area contributed by atoms with E-state index in [-0.39, 0.29) is 0 Å². The van der Waals surface area contributed by atoms with Gasteiger partial charge in [0.15, 0.2) is 0 Å². The smallest absolute Gasteiger partial charge is 0.123 e. The maximum absolute atomic E-state index is 5.94. The van der Waals surface area contributed by atoms with Gasteiger partial charge in [0.1, 0.15) is 5.75 Å². The predicted molar refractivity (Wildman–Crippen MR) is 80.4 cm³/mol. The Bertz CT molecular complexity index is 597. The van der Waals surface area contributed by atoms with Crippen LogP contribution in [-0.4, -0.2) is 6.61 Å². The van der Waals surface area contributed by atoms with Gasteiger partial charge in [0.05, 0.1) is 6.61 Å². The van der Waals surface area contributed by atoms with Crippen LogP contribution in [0.3, 0.4) is 0 Å². The average molecular weight is 318 g/mol. The van der Waals surface area contributed by atoms with Crippen molar-refractivity contribution in [2.75, 3.05) is 6.61 Å². The normalized spacial score (nSPS) is 16.6. The molecule has 2 aromatic rings. The summed E-state index contributed by atoms with van der Waals surface area (Å²) in [6.07, 6.45) is 1.12. The van der Waals surface area contributed by atoms with Crippen LogP contribution in [0.5, 0.6) is 5.75 Å². The molecule has 3 heteroatoms. The average Bonchev–Trinajstić information content (AvgIpc) is 2.41. The Morgan fingerprint density at radius 3 is 2.84 bits per heavy atom. The highest BCUT2D eigenvalue weighted by atomic mass is 79.9. The van der Waals surface area contributed by atoms with Gasteiger partial charge in [-0.3, -0.25) is 0 Å². The quantitative estimate of drug-likeness (QED) is 0.934. The molecule has 2 nitrogen and oxygen atoms in total. The number of ether oxygens (including phenoxy) is 1. The van der Waals surface area contributed by atoms with Crippen molar-refractivity contribution in [3.63, 3.8) is 0 Å². The van der Waals surface area contributed by atoms with Crippen LogP contribution < -0.4 is 10.5 Å². The molecule has 1 unspecified atom stereocenters. The Morgan fingerprint density at radius 2 is 2.05 bits per heavy atom. The number of halogens is 1. The molecule has 1 aliphatic rings. The van der Waals surface area contributed by atoms with Crippen molar-refractivity contribution in [3.8, 4) is 5.75 Å². The van der Waals surface area contributed by atoms with Crippen LogP contribution in [0.1, 0.15) is 22.6 Å². The molecule has 0 spiro atoms. The summed E-state index contributed by atoms with van der Waals surface area (Å²) in [7, 11) is 0. The molecule has 1 aliphatic carbocycles. The van der Waals surface area contributed by atoms with Gasteiger partial charge in [0, 0.05) is 22.5 Å². The molecule has 2 aromatic carbocycles. The summed E-state index contributed by atoms with van der Waals surface area (Å²) in [5.74, 6) is 1.42. The minimum absolute atomic E-state index is 0.496. The van der Waals surface area contributed by atoms with E-state index in [0.29, 0.717) is 12.5 Å². The molecule has 0 heterocycles. The lowest BCUT2D eigenvalue weighted by Crippen LogP contribution is -2.23. The fraction of sp³-hybridized carbons (Fsp3) is 0.250. The lowest BCUT2D eigenvalue weighted by Gasteiger charge is -2.30. The molecule has 3 rings (SSSR count). The lowest BCUT2D eigenvalue weighted by atomic mass is 9.78. The standard InChI is InChI=1S/C16H16BrNO/c17-14-5-6-16(12(8-14)9-18)19-10-13-7-11-3-1-2-4-15(11)13/h1-6,8,13H,7,9-10,18H2. The van der Waals surface area contributed by atoms with Gasteiger partial charge >= 0.3 is 0 Å². The van der Waals surface area contributed by atoms with Crippen LogP contribution in [0.25, 0.3) is 0 Å². The second-order valence-corrected chi connectivity index (χ2v) is 5.78. The van der Waals surface area contributed by atoms with E-state index in [2.05, 4.69) is 40.2 Å². The fourth-order valence-corrected chi connectivity index (χ4v) is 2.96. The molecule has 0 radical (unpaired) electrons. The van der Waals surface area contributed by atoms with E-state index in [4.69, 9.17) is 10.5 Å². The zero-order valence-electron chi connectivity index (χ0n) is 10.6. The maximum Gasteiger partial charge on any atom is 0.123 e. The van der Waals surface area contributed by atoms with E-state index < -0.39 is 0 Å².